The van der Waals surface area contributed by atoms with Gasteiger partial charge in [-0.3, -0.25) is 4.79 Å². The number of benzene rings is 2. The van der Waals surface area contributed by atoms with Crippen molar-refractivity contribution in [1.29, 1.82) is 0 Å². The lowest BCUT2D eigenvalue weighted by molar-refractivity contribution is -0.126. The highest BCUT2D eigenvalue weighted by molar-refractivity contribution is 5.81. The highest BCUT2D eigenvalue weighted by atomic mass is 16.3. The monoisotopic (exact) mass is 334 g/mol. The molecule has 0 saturated heterocycles. The first-order chi connectivity index (χ1) is 12.1. The van der Waals surface area contributed by atoms with Crippen molar-refractivity contribution in [2.75, 3.05) is 0 Å². The second kappa shape index (κ2) is 6.33. The third-order valence-corrected chi connectivity index (χ3v) is 6.69. The molecule has 0 aromatic heterocycles. The van der Waals surface area contributed by atoms with E-state index in [9.17, 15) is 9.90 Å². The summed E-state index contributed by atoms with van der Waals surface area (Å²) in [4.78, 5) is 12.5. The molecule has 0 amide bonds. The molecule has 0 heterocycles. The van der Waals surface area contributed by atoms with E-state index >= 15 is 0 Å². The van der Waals surface area contributed by atoms with Crippen LogP contribution in [0.25, 0.3) is 0 Å². The minimum atomic E-state index is 0.187. The molecule has 0 spiro atoms. The average Bonchev–Trinajstić information content (AvgIpc) is 2.61. The standard InChI is InChI=1S/C23H26O2/c1-23-12-11-17-13-19(24)9-10-21(17)22(23)15-20(25)14-18(23)8-7-16-5-3-2-4-6-16/h2-6,9-10,13,18,22,24H,7-8,11-12,14-15H2,1H3. The van der Waals surface area contributed by atoms with Gasteiger partial charge >= 0.3 is 0 Å². The molecule has 2 aromatic rings. The largest absolute Gasteiger partial charge is 0.508 e. The molecule has 3 atom stereocenters. The minimum Gasteiger partial charge on any atom is -0.508 e. The van der Waals surface area contributed by atoms with Gasteiger partial charge in [0, 0.05) is 12.8 Å². The Labute approximate surface area is 149 Å². The molecule has 0 radical (unpaired) electrons. The lowest BCUT2D eigenvalue weighted by Crippen LogP contribution is -2.43. The molecule has 1 saturated carbocycles. The Bertz CT molecular complexity index is 780. The Hall–Kier alpha value is -2.09. The SMILES string of the molecule is CC12CCc3cc(O)ccc3C1CC(=O)CC2CCc1ccccc1. The number of carbonyl (C=O) groups excluding carboxylic acids is 1. The number of hydrogen-bond donors (Lipinski definition) is 1. The maximum atomic E-state index is 12.5. The molecular formula is C23H26O2. The fourth-order valence-electron chi connectivity index (χ4n) is 5.15. The predicted octanol–water partition coefficient (Wildman–Crippen LogP) is 5.04. The molecule has 2 aliphatic carbocycles. The zero-order valence-corrected chi connectivity index (χ0v) is 14.9. The summed E-state index contributed by atoms with van der Waals surface area (Å²) in [6.45, 7) is 2.40. The number of ketones is 1. The van der Waals surface area contributed by atoms with E-state index in [1.165, 1.54) is 16.7 Å². The van der Waals surface area contributed by atoms with E-state index in [-0.39, 0.29) is 5.41 Å². The average molecular weight is 334 g/mol. The van der Waals surface area contributed by atoms with Gasteiger partial charge in [0.25, 0.3) is 0 Å². The summed E-state index contributed by atoms with van der Waals surface area (Å²) >= 11 is 0. The first-order valence-electron chi connectivity index (χ1n) is 9.43. The van der Waals surface area contributed by atoms with Crippen molar-refractivity contribution < 1.29 is 9.90 Å². The molecule has 1 fully saturated rings. The van der Waals surface area contributed by atoms with Crippen LogP contribution in [0, 0.1) is 11.3 Å². The van der Waals surface area contributed by atoms with Gasteiger partial charge in [0.15, 0.2) is 0 Å². The third kappa shape index (κ3) is 2.99. The number of fused-ring (bicyclic) bond motifs is 3. The lowest BCUT2D eigenvalue weighted by atomic mass is 9.53. The molecule has 0 aliphatic heterocycles. The first-order valence-corrected chi connectivity index (χ1v) is 9.43. The minimum absolute atomic E-state index is 0.187. The van der Waals surface area contributed by atoms with Gasteiger partial charge in [0.2, 0.25) is 0 Å². The molecule has 25 heavy (non-hydrogen) atoms. The summed E-state index contributed by atoms with van der Waals surface area (Å²) in [6, 6.07) is 16.3. The molecule has 2 aromatic carbocycles. The summed E-state index contributed by atoms with van der Waals surface area (Å²) in [5, 5.41) is 9.80. The maximum Gasteiger partial charge on any atom is 0.133 e. The van der Waals surface area contributed by atoms with E-state index in [4.69, 9.17) is 0 Å². The molecule has 2 aliphatic rings. The van der Waals surface area contributed by atoms with Gasteiger partial charge in [0.1, 0.15) is 11.5 Å². The highest BCUT2D eigenvalue weighted by Gasteiger charge is 2.48. The van der Waals surface area contributed by atoms with Crippen LogP contribution in [0.4, 0.5) is 0 Å². The van der Waals surface area contributed by atoms with Crippen LogP contribution in [0.1, 0.15) is 55.2 Å². The summed E-state index contributed by atoms with van der Waals surface area (Å²) in [5.74, 6) is 1.49. The summed E-state index contributed by atoms with van der Waals surface area (Å²) in [6.07, 6.45) is 5.64. The number of phenolic OH excluding ortho intramolecular Hbond substituents is 1. The van der Waals surface area contributed by atoms with Crippen molar-refractivity contribution in [2.24, 2.45) is 11.3 Å². The zero-order chi connectivity index (χ0) is 17.4. The molecule has 2 heteroatoms. The van der Waals surface area contributed by atoms with Crippen LogP contribution in [0.5, 0.6) is 5.75 Å². The first kappa shape index (κ1) is 16.4. The van der Waals surface area contributed by atoms with Crippen molar-refractivity contribution in [1.82, 2.24) is 0 Å². The van der Waals surface area contributed by atoms with Crippen molar-refractivity contribution in [3.8, 4) is 5.75 Å². The van der Waals surface area contributed by atoms with E-state index in [0.717, 1.165) is 32.1 Å². The highest BCUT2D eigenvalue weighted by Crippen LogP contribution is 2.56. The van der Waals surface area contributed by atoms with Gasteiger partial charge in [0.05, 0.1) is 0 Å². The van der Waals surface area contributed by atoms with Crippen molar-refractivity contribution in [2.45, 2.75) is 51.4 Å². The number of Topliss-reactive ketones (excluding diaryl/α,β-unsaturated/α-hetero) is 1. The Morgan fingerprint density at radius 3 is 2.72 bits per heavy atom. The van der Waals surface area contributed by atoms with E-state index in [1.807, 2.05) is 6.07 Å². The van der Waals surface area contributed by atoms with Gasteiger partial charge < -0.3 is 5.11 Å². The van der Waals surface area contributed by atoms with Crippen LogP contribution >= 0.6 is 0 Å². The Morgan fingerprint density at radius 1 is 1.12 bits per heavy atom. The van der Waals surface area contributed by atoms with Gasteiger partial charge in [-0.15, -0.1) is 0 Å². The second-order valence-corrected chi connectivity index (χ2v) is 8.11. The van der Waals surface area contributed by atoms with Crippen LogP contribution in [0.3, 0.4) is 0 Å². The molecule has 130 valence electrons. The van der Waals surface area contributed by atoms with Crippen molar-refractivity contribution in [3.05, 3.63) is 65.2 Å². The molecule has 1 N–H and O–H groups in total. The van der Waals surface area contributed by atoms with Gasteiger partial charge in [-0.05, 0) is 71.8 Å². The Kier molecular flexibility index (Phi) is 4.15. The van der Waals surface area contributed by atoms with Crippen molar-refractivity contribution in [3.63, 3.8) is 0 Å². The topological polar surface area (TPSA) is 37.3 Å². The number of phenols is 1. The predicted molar refractivity (Wildman–Crippen MR) is 99.8 cm³/mol. The van der Waals surface area contributed by atoms with Gasteiger partial charge in [-0.25, -0.2) is 0 Å². The summed E-state index contributed by atoms with van der Waals surface area (Å²) in [7, 11) is 0. The lowest BCUT2D eigenvalue weighted by Gasteiger charge is -2.51. The zero-order valence-electron chi connectivity index (χ0n) is 14.9. The van der Waals surface area contributed by atoms with Gasteiger partial charge in [-0.2, -0.15) is 0 Å². The maximum absolute atomic E-state index is 12.5. The van der Waals surface area contributed by atoms with Gasteiger partial charge in [-0.1, -0.05) is 43.3 Å². The number of aryl methyl sites for hydroxylation is 2. The smallest absolute Gasteiger partial charge is 0.133 e. The third-order valence-electron chi connectivity index (χ3n) is 6.69. The molecule has 2 nitrogen and oxygen atoms in total. The van der Waals surface area contributed by atoms with E-state index < -0.39 is 0 Å². The Morgan fingerprint density at radius 2 is 1.92 bits per heavy atom. The van der Waals surface area contributed by atoms with Crippen molar-refractivity contribution >= 4 is 5.78 Å². The molecule has 3 unspecified atom stereocenters. The van der Waals surface area contributed by atoms with E-state index in [0.29, 0.717) is 29.8 Å². The number of hydrogen-bond acceptors (Lipinski definition) is 2. The number of rotatable bonds is 3. The number of carbonyl (C=O) groups is 1. The van der Waals surface area contributed by atoms with E-state index in [2.05, 4.69) is 43.3 Å². The summed E-state index contributed by atoms with van der Waals surface area (Å²) < 4.78 is 0. The van der Waals surface area contributed by atoms with Crippen LogP contribution in [0.15, 0.2) is 48.5 Å². The van der Waals surface area contributed by atoms with E-state index in [1.54, 1.807) is 6.07 Å². The van der Waals surface area contributed by atoms with Crippen LogP contribution in [-0.2, 0) is 17.6 Å². The number of aromatic hydroxyl groups is 1. The van der Waals surface area contributed by atoms with Crippen LogP contribution < -0.4 is 0 Å². The fraction of sp³-hybridized carbons (Fsp3) is 0.435. The van der Waals surface area contributed by atoms with Crippen LogP contribution in [0.2, 0.25) is 0 Å². The summed E-state index contributed by atoms with van der Waals surface area (Å²) in [5.41, 5.74) is 4.08. The molecular weight excluding hydrogens is 308 g/mol. The normalized spacial score (nSPS) is 28.3. The molecule has 4 rings (SSSR count). The second-order valence-electron chi connectivity index (χ2n) is 8.11. The quantitative estimate of drug-likeness (QED) is 0.854. The van der Waals surface area contributed by atoms with Crippen LogP contribution in [-0.4, -0.2) is 10.9 Å². The fourth-order valence-corrected chi connectivity index (χ4v) is 5.15. The Balaban J connectivity index is 1.61. The molecule has 0 bridgehead atoms.